The van der Waals surface area contributed by atoms with Crippen LogP contribution in [-0.2, 0) is 9.53 Å². The maximum Gasteiger partial charge on any atom is 0.410 e. The van der Waals surface area contributed by atoms with Gasteiger partial charge in [0, 0.05) is 29.0 Å². The Kier molecular flexibility index (Phi) is 6.38. The molecule has 1 aromatic carbocycles. The number of ketones is 2. The highest BCUT2D eigenvalue weighted by atomic mass is 79.9. The highest BCUT2D eigenvalue weighted by Crippen LogP contribution is 2.22. The van der Waals surface area contributed by atoms with Crippen LogP contribution >= 0.6 is 15.9 Å². The van der Waals surface area contributed by atoms with Crippen molar-refractivity contribution in [2.45, 2.75) is 45.6 Å². The van der Waals surface area contributed by atoms with Crippen LogP contribution in [0.4, 0.5) is 4.79 Å². The van der Waals surface area contributed by atoms with E-state index < -0.39 is 5.60 Å². The summed E-state index contributed by atoms with van der Waals surface area (Å²) in [6.07, 6.45) is 0.713. The monoisotopic (exact) mass is 409 g/mol. The topological polar surface area (TPSA) is 63.7 Å². The van der Waals surface area contributed by atoms with E-state index in [1.807, 2.05) is 26.8 Å². The third-order valence-corrected chi connectivity index (χ3v) is 4.58. The van der Waals surface area contributed by atoms with Crippen molar-refractivity contribution in [1.29, 1.82) is 0 Å². The van der Waals surface area contributed by atoms with Crippen molar-refractivity contribution in [1.82, 2.24) is 4.90 Å². The number of likely N-dealkylation sites (tertiary alicyclic amines) is 1. The first-order valence-electron chi connectivity index (χ1n) is 8.45. The van der Waals surface area contributed by atoms with E-state index in [1.165, 1.54) is 0 Å². The van der Waals surface area contributed by atoms with Gasteiger partial charge in [-0.3, -0.25) is 9.59 Å². The van der Waals surface area contributed by atoms with Gasteiger partial charge >= 0.3 is 6.09 Å². The van der Waals surface area contributed by atoms with E-state index >= 15 is 0 Å². The van der Waals surface area contributed by atoms with E-state index in [0.717, 1.165) is 4.47 Å². The quantitative estimate of drug-likeness (QED) is 0.550. The van der Waals surface area contributed by atoms with Gasteiger partial charge in [-0.1, -0.05) is 28.1 Å². The Labute approximate surface area is 156 Å². The highest BCUT2D eigenvalue weighted by Gasteiger charge is 2.30. The SMILES string of the molecule is CC(C)(C)OC(=O)N1CCC(C(=O)CC(=O)c2cccc(Br)c2)CC1. The third-order valence-electron chi connectivity index (χ3n) is 4.08. The zero-order valence-corrected chi connectivity index (χ0v) is 16.5. The first-order valence-corrected chi connectivity index (χ1v) is 9.24. The van der Waals surface area contributed by atoms with Crippen LogP contribution in [0.25, 0.3) is 0 Å². The third kappa shape index (κ3) is 5.96. The molecule has 0 N–H and O–H groups in total. The Hall–Kier alpha value is -1.69. The minimum atomic E-state index is -0.528. The predicted molar refractivity (Wildman–Crippen MR) is 98.6 cm³/mol. The summed E-state index contributed by atoms with van der Waals surface area (Å²) in [6.45, 7) is 6.45. The normalized spacial score (nSPS) is 15.8. The van der Waals surface area contributed by atoms with Gasteiger partial charge in [0.05, 0.1) is 6.42 Å². The van der Waals surface area contributed by atoms with Gasteiger partial charge in [-0.05, 0) is 45.7 Å². The molecule has 1 aliphatic heterocycles. The summed E-state index contributed by atoms with van der Waals surface area (Å²) in [5.41, 5.74) is 0.00838. The number of halogens is 1. The van der Waals surface area contributed by atoms with Crippen molar-refractivity contribution in [3.63, 3.8) is 0 Å². The molecule has 0 aromatic heterocycles. The molecule has 2 rings (SSSR count). The lowest BCUT2D eigenvalue weighted by Crippen LogP contribution is -2.43. The molecular weight excluding hydrogens is 386 g/mol. The van der Waals surface area contributed by atoms with E-state index in [0.29, 0.717) is 31.5 Å². The van der Waals surface area contributed by atoms with Gasteiger partial charge in [-0.2, -0.15) is 0 Å². The lowest BCUT2D eigenvalue weighted by molar-refractivity contribution is -0.123. The van der Waals surface area contributed by atoms with Crippen molar-refractivity contribution in [2.75, 3.05) is 13.1 Å². The minimum absolute atomic E-state index is 0.0474. The summed E-state index contributed by atoms with van der Waals surface area (Å²) in [7, 11) is 0. The van der Waals surface area contributed by atoms with Crippen molar-refractivity contribution in [3.8, 4) is 0 Å². The fourth-order valence-corrected chi connectivity index (χ4v) is 3.18. The molecule has 0 aliphatic carbocycles. The van der Waals surface area contributed by atoms with E-state index in [2.05, 4.69) is 15.9 Å². The molecule has 1 amide bonds. The second kappa shape index (κ2) is 8.13. The van der Waals surface area contributed by atoms with Gasteiger partial charge in [-0.25, -0.2) is 4.79 Å². The van der Waals surface area contributed by atoms with Crippen molar-refractivity contribution >= 4 is 33.6 Å². The number of carbonyl (C=O) groups is 3. The second-order valence-corrected chi connectivity index (χ2v) is 8.23. The van der Waals surface area contributed by atoms with Crippen molar-refractivity contribution in [2.24, 2.45) is 5.92 Å². The standard InChI is InChI=1S/C19H24BrNO4/c1-19(2,3)25-18(24)21-9-7-13(8-10-21)16(22)12-17(23)14-5-4-6-15(20)11-14/h4-6,11,13H,7-10,12H2,1-3H3. The fourth-order valence-electron chi connectivity index (χ4n) is 2.78. The zero-order chi connectivity index (χ0) is 18.6. The Morgan fingerprint density at radius 3 is 2.40 bits per heavy atom. The lowest BCUT2D eigenvalue weighted by Gasteiger charge is -2.32. The van der Waals surface area contributed by atoms with E-state index in [9.17, 15) is 14.4 Å². The summed E-state index contributed by atoms with van der Waals surface area (Å²) in [5, 5.41) is 0. The van der Waals surface area contributed by atoms with E-state index in [1.54, 1.807) is 23.1 Å². The smallest absolute Gasteiger partial charge is 0.410 e. The number of Topliss-reactive ketones (excluding diaryl/α,β-unsaturated/α-hetero) is 2. The summed E-state index contributed by atoms with van der Waals surface area (Å²) in [4.78, 5) is 38.3. The van der Waals surface area contributed by atoms with Crippen LogP contribution in [-0.4, -0.2) is 41.3 Å². The molecule has 1 heterocycles. The average molecular weight is 410 g/mol. The van der Waals surface area contributed by atoms with Crippen molar-refractivity contribution in [3.05, 3.63) is 34.3 Å². The van der Waals surface area contributed by atoms with Crippen LogP contribution in [0.3, 0.4) is 0 Å². The molecule has 0 radical (unpaired) electrons. The van der Waals surface area contributed by atoms with Gasteiger partial charge in [0.25, 0.3) is 0 Å². The van der Waals surface area contributed by atoms with E-state index in [-0.39, 0.29) is 30.0 Å². The fraction of sp³-hybridized carbons (Fsp3) is 0.526. The van der Waals surface area contributed by atoms with Crippen LogP contribution in [0.15, 0.2) is 28.7 Å². The zero-order valence-electron chi connectivity index (χ0n) is 14.9. The molecule has 5 nitrogen and oxygen atoms in total. The average Bonchev–Trinajstić information content (AvgIpc) is 2.53. The number of hydrogen-bond acceptors (Lipinski definition) is 4. The molecule has 0 spiro atoms. The van der Waals surface area contributed by atoms with Crippen LogP contribution in [0.5, 0.6) is 0 Å². The summed E-state index contributed by atoms with van der Waals surface area (Å²) in [5.74, 6) is -0.385. The minimum Gasteiger partial charge on any atom is -0.444 e. The summed E-state index contributed by atoms with van der Waals surface area (Å²) >= 11 is 3.33. The van der Waals surface area contributed by atoms with Crippen LogP contribution in [0.2, 0.25) is 0 Å². The molecule has 1 fully saturated rings. The van der Waals surface area contributed by atoms with Crippen LogP contribution in [0.1, 0.15) is 50.4 Å². The van der Waals surface area contributed by atoms with Gasteiger partial charge in [0.15, 0.2) is 5.78 Å². The first-order chi connectivity index (χ1) is 11.7. The summed E-state index contributed by atoms with van der Waals surface area (Å²) < 4.78 is 6.17. The van der Waals surface area contributed by atoms with Crippen LogP contribution in [0, 0.1) is 5.92 Å². The maximum atomic E-state index is 12.4. The molecular formula is C19H24BrNO4. The Bertz CT molecular complexity index is 658. The summed E-state index contributed by atoms with van der Waals surface area (Å²) in [6, 6.07) is 7.05. The number of amides is 1. The molecule has 1 aromatic rings. The molecule has 25 heavy (non-hydrogen) atoms. The Morgan fingerprint density at radius 2 is 1.84 bits per heavy atom. The van der Waals surface area contributed by atoms with Gasteiger partial charge in [-0.15, -0.1) is 0 Å². The number of benzene rings is 1. The molecule has 0 unspecified atom stereocenters. The molecule has 0 bridgehead atoms. The highest BCUT2D eigenvalue weighted by molar-refractivity contribution is 9.10. The molecule has 136 valence electrons. The van der Waals surface area contributed by atoms with Gasteiger partial charge in [0.2, 0.25) is 0 Å². The number of carbonyl (C=O) groups excluding carboxylic acids is 3. The molecule has 0 atom stereocenters. The van der Waals surface area contributed by atoms with E-state index in [4.69, 9.17) is 4.74 Å². The molecule has 1 saturated heterocycles. The molecule has 1 aliphatic rings. The number of hydrogen-bond donors (Lipinski definition) is 0. The van der Waals surface area contributed by atoms with Gasteiger partial charge < -0.3 is 9.64 Å². The Morgan fingerprint density at radius 1 is 1.20 bits per heavy atom. The molecule has 0 saturated carbocycles. The predicted octanol–water partition coefficient (Wildman–Crippen LogP) is 4.24. The first kappa shape index (κ1) is 19.6. The van der Waals surface area contributed by atoms with Crippen LogP contribution < -0.4 is 0 Å². The Balaban J connectivity index is 1.85. The number of nitrogens with zero attached hydrogens (tertiary/aromatic N) is 1. The molecule has 6 heteroatoms. The lowest BCUT2D eigenvalue weighted by atomic mass is 9.89. The number of ether oxygens (including phenoxy) is 1. The van der Waals surface area contributed by atoms with Crippen molar-refractivity contribution < 1.29 is 19.1 Å². The second-order valence-electron chi connectivity index (χ2n) is 7.32. The largest absolute Gasteiger partial charge is 0.444 e. The number of rotatable bonds is 4. The number of piperidine rings is 1. The maximum absolute atomic E-state index is 12.4. The van der Waals surface area contributed by atoms with Gasteiger partial charge in [0.1, 0.15) is 11.4 Å².